The third kappa shape index (κ3) is 5.59. The van der Waals surface area contributed by atoms with E-state index < -0.39 is 0 Å². The van der Waals surface area contributed by atoms with Crippen LogP contribution in [-0.2, 0) is 10.1 Å². The van der Waals surface area contributed by atoms with E-state index in [1.165, 1.54) is 0 Å². The van der Waals surface area contributed by atoms with E-state index in [0.717, 1.165) is 29.4 Å². The Morgan fingerprint density at radius 3 is 2.67 bits per heavy atom. The Morgan fingerprint density at radius 1 is 1.22 bits per heavy atom. The molecular weight excluding hydrogens is 316 g/mol. The Morgan fingerprint density at radius 2 is 2.00 bits per heavy atom. The summed E-state index contributed by atoms with van der Waals surface area (Å²) in [5.74, 6) is 1.51. The Bertz CT molecular complexity index is 356. The highest BCUT2D eigenvalue weighted by Crippen LogP contribution is 2.28. The van der Waals surface area contributed by atoms with Crippen LogP contribution < -0.4 is 4.74 Å². The van der Waals surface area contributed by atoms with E-state index >= 15 is 0 Å². The van der Waals surface area contributed by atoms with Gasteiger partial charge in [-0.25, -0.2) is 0 Å². The Balaban J connectivity index is 2.29. The van der Waals surface area contributed by atoms with E-state index in [9.17, 15) is 0 Å². The van der Waals surface area contributed by atoms with Crippen molar-refractivity contribution in [1.82, 2.24) is 0 Å². The van der Waals surface area contributed by atoms with E-state index in [0.29, 0.717) is 24.5 Å². The van der Waals surface area contributed by atoms with Gasteiger partial charge in [-0.1, -0.05) is 47.4 Å². The summed E-state index contributed by atoms with van der Waals surface area (Å²) in [6.07, 6.45) is 1.09. The molecule has 0 unspecified atom stereocenters. The fourth-order valence-corrected chi connectivity index (χ4v) is 2.41. The van der Waals surface area contributed by atoms with Crippen molar-refractivity contribution in [1.29, 1.82) is 0 Å². The first-order valence-electron chi connectivity index (χ1n) is 6.19. The van der Waals surface area contributed by atoms with Crippen molar-refractivity contribution >= 4 is 27.5 Å². The van der Waals surface area contributed by atoms with Crippen LogP contribution >= 0.6 is 27.5 Å². The van der Waals surface area contributed by atoms with Crippen LogP contribution in [0.1, 0.15) is 25.8 Å². The highest BCUT2D eigenvalue weighted by molar-refractivity contribution is 9.08. The van der Waals surface area contributed by atoms with Crippen LogP contribution in [0.15, 0.2) is 18.2 Å². The first kappa shape index (κ1) is 15.8. The van der Waals surface area contributed by atoms with Gasteiger partial charge < -0.3 is 9.47 Å². The Kier molecular flexibility index (Phi) is 7.71. The van der Waals surface area contributed by atoms with Crippen LogP contribution in [0.5, 0.6) is 5.75 Å². The number of benzene rings is 1. The molecular formula is C14H20BrClO2. The van der Waals surface area contributed by atoms with E-state index in [4.69, 9.17) is 21.1 Å². The smallest absolute Gasteiger partial charge is 0.124 e. The third-order valence-corrected chi connectivity index (χ3v) is 3.45. The molecule has 0 fully saturated rings. The molecule has 4 heteroatoms. The SMILES string of the molecule is CC(C)CCOCCOc1cccc(Cl)c1CBr. The summed E-state index contributed by atoms with van der Waals surface area (Å²) in [7, 11) is 0. The van der Waals surface area contributed by atoms with Gasteiger partial charge in [0.1, 0.15) is 12.4 Å². The first-order valence-corrected chi connectivity index (χ1v) is 7.69. The average Bonchev–Trinajstić information content (AvgIpc) is 2.33. The topological polar surface area (TPSA) is 18.5 Å². The molecule has 0 aliphatic carbocycles. The molecule has 102 valence electrons. The molecule has 18 heavy (non-hydrogen) atoms. The van der Waals surface area contributed by atoms with E-state index in [1.807, 2.05) is 18.2 Å². The zero-order valence-corrected chi connectivity index (χ0v) is 13.3. The molecule has 1 rings (SSSR count). The minimum atomic E-state index is 0.554. The molecule has 0 aliphatic rings. The normalized spacial score (nSPS) is 10.9. The summed E-state index contributed by atoms with van der Waals surface area (Å²) >= 11 is 9.50. The standard InChI is InChI=1S/C14H20BrClO2/c1-11(2)6-7-17-8-9-18-14-5-3-4-13(16)12(14)10-15/h3-5,11H,6-10H2,1-2H3. The van der Waals surface area contributed by atoms with E-state index in [2.05, 4.69) is 29.8 Å². The maximum atomic E-state index is 6.09. The lowest BCUT2D eigenvalue weighted by Crippen LogP contribution is -2.09. The largest absolute Gasteiger partial charge is 0.491 e. The van der Waals surface area contributed by atoms with Crippen LogP contribution in [0, 0.1) is 5.92 Å². The molecule has 1 aromatic rings. The lowest BCUT2D eigenvalue weighted by atomic mass is 10.1. The van der Waals surface area contributed by atoms with Crippen molar-refractivity contribution in [3.63, 3.8) is 0 Å². The van der Waals surface area contributed by atoms with Crippen molar-refractivity contribution in [2.75, 3.05) is 19.8 Å². The maximum absolute atomic E-state index is 6.09. The Hall–Kier alpha value is -0.250. The van der Waals surface area contributed by atoms with Crippen molar-refractivity contribution in [3.05, 3.63) is 28.8 Å². The van der Waals surface area contributed by atoms with Gasteiger partial charge in [-0.15, -0.1) is 0 Å². The molecule has 0 amide bonds. The quantitative estimate of drug-likeness (QED) is 0.507. The van der Waals surface area contributed by atoms with Crippen molar-refractivity contribution in [3.8, 4) is 5.75 Å². The monoisotopic (exact) mass is 334 g/mol. The molecule has 2 nitrogen and oxygen atoms in total. The summed E-state index contributed by atoms with van der Waals surface area (Å²) < 4.78 is 11.2. The van der Waals surface area contributed by atoms with Gasteiger partial charge in [0.25, 0.3) is 0 Å². The number of halogens is 2. The van der Waals surface area contributed by atoms with Crippen molar-refractivity contribution < 1.29 is 9.47 Å². The number of ether oxygens (including phenoxy) is 2. The van der Waals surface area contributed by atoms with Gasteiger partial charge in [0.05, 0.1) is 6.61 Å². The summed E-state index contributed by atoms with van der Waals surface area (Å²) in [5.41, 5.74) is 0.987. The fraction of sp³-hybridized carbons (Fsp3) is 0.571. The Labute approximate surface area is 123 Å². The van der Waals surface area contributed by atoms with E-state index in [-0.39, 0.29) is 0 Å². The minimum absolute atomic E-state index is 0.554. The minimum Gasteiger partial charge on any atom is -0.491 e. The maximum Gasteiger partial charge on any atom is 0.124 e. The number of hydrogen-bond acceptors (Lipinski definition) is 2. The summed E-state index contributed by atoms with van der Waals surface area (Å²) in [6.45, 7) is 6.34. The molecule has 0 bridgehead atoms. The van der Waals surface area contributed by atoms with Crippen molar-refractivity contribution in [2.45, 2.75) is 25.6 Å². The third-order valence-electron chi connectivity index (χ3n) is 2.53. The van der Waals surface area contributed by atoms with Gasteiger partial charge in [0, 0.05) is 22.5 Å². The molecule has 0 saturated carbocycles. The second-order valence-corrected chi connectivity index (χ2v) is 5.46. The lowest BCUT2D eigenvalue weighted by Gasteiger charge is -2.11. The molecule has 0 aromatic heterocycles. The van der Waals surface area contributed by atoms with Gasteiger partial charge in [-0.2, -0.15) is 0 Å². The van der Waals surface area contributed by atoms with Gasteiger partial charge in [-0.05, 0) is 24.5 Å². The zero-order chi connectivity index (χ0) is 13.4. The van der Waals surface area contributed by atoms with Gasteiger partial charge in [0.15, 0.2) is 0 Å². The number of hydrogen-bond donors (Lipinski definition) is 0. The second kappa shape index (κ2) is 8.78. The van der Waals surface area contributed by atoms with Gasteiger partial charge in [-0.3, -0.25) is 0 Å². The molecule has 0 saturated heterocycles. The van der Waals surface area contributed by atoms with Crippen LogP contribution in [0.4, 0.5) is 0 Å². The number of rotatable bonds is 8. The predicted octanol–water partition coefficient (Wildman–Crippen LogP) is 4.68. The van der Waals surface area contributed by atoms with Crippen LogP contribution in [0.3, 0.4) is 0 Å². The van der Waals surface area contributed by atoms with Crippen LogP contribution in [0.25, 0.3) is 0 Å². The van der Waals surface area contributed by atoms with E-state index in [1.54, 1.807) is 0 Å². The second-order valence-electron chi connectivity index (χ2n) is 4.49. The van der Waals surface area contributed by atoms with Crippen LogP contribution in [0.2, 0.25) is 5.02 Å². The predicted molar refractivity (Wildman–Crippen MR) is 79.9 cm³/mol. The van der Waals surface area contributed by atoms with Gasteiger partial charge >= 0.3 is 0 Å². The van der Waals surface area contributed by atoms with Crippen LogP contribution in [-0.4, -0.2) is 19.8 Å². The molecule has 0 N–H and O–H groups in total. The molecule has 0 atom stereocenters. The van der Waals surface area contributed by atoms with Crippen molar-refractivity contribution in [2.24, 2.45) is 5.92 Å². The molecule has 1 aromatic carbocycles. The first-order chi connectivity index (χ1) is 8.65. The number of alkyl halides is 1. The molecule has 0 radical (unpaired) electrons. The summed E-state index contributed by atoms with van der Waals surface area (Å²) in [4.78, 5) is 0. The average molecular weight is 336 g/mol. The summed E-state index contributed by atoms with van der Waals surface area (Å²) in [5, 5.41) is 1.42. The molecule has 0 heterocycles. The highest BCUT2D eigenvalue weighted by atomic mass is 79.9. The lowest BCUT2D eigenvalue weighted by molar-refractivity contribution is 0.0923. The van der Waals surface area contributed by atoms with Gasteiger partial charge in [0.2, 0.25) is 0 Å². The highest BCUT2D eigenvalue weighted by Gasteiger charge is 2.06. The molecule has 0 spiro atoms. The zero-order valence-electron chi connectivity index (χ0n) is 10.9. The summed E-state index contributed by atoms with van der Waals surface area (Å²) in [6, 6.07) is 5.68. The molecule has 0 aliphatic heterocycles. The fourth-order valence-electron chi connectivity index (χ4n) is 1.44.